The first kappa shape index (κ1) is 16.8. The van der Waals surface area contributed by atoms with Gasteiger partial charge in [-0.3, -0.25) is 4.79 Å². The summed E-state index contributed by atoms with van der Waals surface area (Å²) < 4.78 is 10.3. The predicted molar refractivity (Wildman–Crippen MR) is 88.0 cm³/mol. The average molecular weight is 334 g/mol. The van der Waals surface area contributed by atoms with E-state index in [0.29, 0.717) is 16.5 Å². The minimum atomic E-state index is -0.983. The fourth-order valence-corrected chi connectivity index (χ4v) is 2.07. The van der Waals surface area contributed by atoms with Crippen molar-refractivity contribution in [3.63, 3.8) is 0 Å². The van der Waals surface area contributed by atoms with Gasteiger partial charge in [0.15, 0.2) is 6.10 Å². The van der Waals surface area contributed by atoms with Crippen LogP contribution < -0.4 is 10.1 Å². The van der Waals surface area contributed by atoms with Crippen molar-refractivity contribution < 1.29 is 19.1 Å². The van der Waals surface area contributed by atoms with E-state index in [2.05, 4.69) is 5.32 Å². The molecule has 2 rings (SSSR count). The first-order valence-electron chi connectivity index (χ1n) is 6.92. The van der Waals surface area contributed by atoms with Crippen LogP contribution in [0.3, 0.4) is 0 Å². The molecule has 2 aromatic carbocycles. The highest BCUT2D eigenvalue weighted by atomic mass is 35.5. The summed E-state index contributed by atoms with van der Waals surface area (Å²) >= 11 is 5.98. The van der Waals surface area contributed by atoms with Gasteiger partial charge in [0, 0.05) is 0 Å². The maximum absolute atomic E-state index is 12.2. The number of amides is 1. The Bertz CT molecular complexity index is 717. The van der Waals surface area contributed by atoms with Gasteiger partial charge in [0.05, 0.1) is 17.8 Å². The third kappa shape index (κ3) is 4.23. The molecule has 0 saturated carbocycles. The molecule has 0 spiro atoms. The summed E-state index contributed by atoms with van der Waals surface area (Å²) in [5.74, 6) is -0.721. The van der Waals surface area contributed by atoms with Gasteiger partial charge in [0.1, 0.15) is 11.3 Å². The molecule has 0 aromatic heterocycles. The summed E-state index contributed by atoms with van der Waals surface area (Å²) in [6.07, 6.45) is -0.983. The van der Waals surface area contributed by atoms with E-state index < -0.39 is 18.0 Å². The van der Waals surface area contributed by atoms with Crippen LogP contribution in [-0.4, -0.2) is 25.1 Å². The van der Waals surface area contributed by atoms with Crippen molar-refractivity contribution in [2.75, 3.05) is 12.4 Å². The molecule has 120 valence electrons. The van der Waals surface area contributed by atoms with Crippen molar-refractivity contribution in [1.82, 2.24) is 0 Å². The van der Waals surface area contributed by atoms with Gasteiger partial charge in [-0.25, -0.2) is 4.79 Å². The highest BCUT2D eigenvalue weighted by Crippen LogP contribution is 2.22. The van der Waals surface area contributed by atoms with Gasteiger partial charge in [-0.2, -0.15) is 0 Å². The zero-order chi connectivity index (χ0) is 16.8. The average Bonchev–Trinajstić information content (AvgIpc) is 2.56. The zero-order valence-corrected chi connectivity index (χ0v) is 13.5. The molecule has 1 N–H and O–H groups in total. The van der Waals surface area contributed by atoms with E-state index in [0.717, 1.165) is 0 Å². The second-order valence-electron chi connectivity index (χ2n) is 4.72. The lowest BCUT2D eigenvalue weighted by molar-refractivity contribution is -0.123. The molecule has 2 aromatic rings. The number of nitrogens with one attached hydrogen (secondary N) is 1. The molecule has 0 fully saturated rings. The van der Waals surface area contributed by atoms with Gasteiger partial charge in [-0.05, 0) is 31.2 Å². The summed E-state index contributed by atoms with van der Waals surface area (Å²) in [5.41, 5.74) is 0.715. The molecule has 0 heterocycles. The minimum absolute atomic E-state index is 0.257. The normalized spacial score (nSPS) is 11.4. The number of hydrogen-bond acceptors (Lipinski definition) is 4. The number of carbonyl (C=O) groups is 2. The van der Waals surface area contributed by atoms with Crippen LogP contribution in [0.15, 0.2) is 48.5 Å². The van der Waals surface area contributed by atoms with Crippen LogP contribution >= 0.6 is 11.6 Å². The minimum Gasteiger partial charge on any atom is -0.496 e. The monoisotopic (exact) mass is 333 g/mol. The lowest BCUT2D eigenvalue weighted by atomic mass is 10.2. The summed E-state index contributed by atoms with van der Waals surface area (Å²) in [6.45, 7) is 1.49. The van der Waals surface area contributed by atoms with Crippen LogP contribution in [0.4, 0.5) is 5.69 Å². The Morgan fingerprint density at radius 2 is 1.74 bits per heavy atom. The number of halogens is 1. The standard InChI is InChI=1S/C17H16ClNO4/c1-11(16(20)19-14-9-5-4-8-13(14)18)23-17(21)12-7-3-6-10-15(12)22-2/h3-11H,1-2H3,(H,19,20). The zero-order valence-electron chi connectivity index (χ0n) is 12.7. The van der Waals surface area contributed by atoms with E-state index in [4.69, 9.17) is 21.1 Å². The molecule has 23 heavy (non-hydrogen) atoms. The Kier molecular flexibility index (Phi) is 5.60. The molecule has 0 aliphatic heterocycles. The molecule has 5 nitrogen and oxygen atoms in total. The number of anilines is 1. The molecule has 1 atom stereocenters. The highest BCUT2D eigenvalue weighted by Gasteiger charge is 2.21. The second-order valence-corrected chi connectivity index (χ2v) is 5.12. The number of carbonyl (C=O) groups excluding carboxylic acids is 2. The fraction of sp³-hybridized carbons (Fsp3) is 0.176. The largest absolute Gasteiger partial charge is 0.496 e. The Labute approximate surface area is 139 Å². The van der Waals surface area contributed by atoms with E-state index in [-0.39, 0.29) is 5.56 Å². The predicted octanol–water partition coefficient (Wildman–Crippen LogP) is 3.53. The number of hydrogen-bond donors (Lipinski definition) is 1. The van der Waals surface area contributed by atoms with Crippen molar-refractivity contribution >= 4 is 29.2 Å². The van der Waals surface area contributed by atoms with Gasteiger partial charge >= 0.3 is 5.97 Å². The smallest absolute Gasteiger partial charge is 0.342 e. The van der Waals surface area contributed by atoms with Crippen LogP contribution in [0.2, 0.25) is 5.02 Å². The van der Waals surface area contributed by atoms with Gasteiger partial charge < -0.3 is 14.8 Å². The van der Waals surface area contributed by atoms with Crippen LogP contribution in [0.1, 0.15) is 17.3 Å². The topological polar surface area (TPSA) is 64.6 Å². The van der Waals surface area contributed by atoms with Crippen LogP contribution in [-0.2, 0) is 9.53 Å². The Morgan fingerprint density at radius 3 is 2.43 bits per heavy atom. The molecule has 0 bridgehead atoms. The van der Waals surface area contributed by atoms with E-state index in [1.54, 1.807) is 48.5 Å². The van der Waals surface area contributed by atoms with Crippen LogP contribution in [0.5, 0.6) is 5.75 Å². The lowest BCUT2D eigenvalue weighted by Crippen LogP contribution is -2.30. The second kappa shape index (κ2) is 7.65. The van der Waals surface area contributed by atoms with Crippen molar-refractivity contribution in [2.45, 2.75) is 13.0 Å². The molecule has 1 unspecified atom stereocenters. The maximum Gasteiger partial charge on any atom is 0.342 e. The Balaban J connectivity index is 2.03. The van der Waals surface area contributed by atoms with Gasteiger partial charge in [0.2, 0.25) is 0 Å². The Hall–Kier alpha value is -2.53. The summed E-state index contributed by atoms with van der Waals surface area (Å²) in [5, 5.41) is 3.02. The molecule has 0 aliphatic rings. The quantitative estimate of drug-likeness (QED) is 0.850. The van der Waals surface area contributed by atoms with E-state index >= 15 is 0 Å². The first-order valence-corrected chi connectivity index (χ1v) is 7.30. The van der Waals surface area contributed by atoms with Gasteiger partial charge in [-0.1, -0.05) is 35.9 Å². The van der Waals surface area contributed by atoms with Crippen molar-refractivity contribution in [2.24, 2.45) is 0 Å². The number of para-hydroxylation sites is 2. The molecular formula is C17H16ClNO4. The van der Waals surface area contributed by atoms with Crippen LogP contribution in [0.25, 0.3) is 0 Å². The van der Waals surface area contributed by atoms with Gasteiger partial charge in [-0.15, -0.1) is 0 Å². The van der Waals surface area contributed by atoms with Crippen molar-refractivity contribution in [3.8, 4) is 5.75 Å². The SMILES string of the molecule is COc1ccccc1C(=O)OC(C)C(=O)Nc1ccccc1Cl. The fourth-order valence-electron chi connectivity index (χ4n) is 1.89. The van der Waals surface area contributed by atoms with Crippen molar-refractivity contribution in [1.29, 1.82) is 0 Å². The van der Waals surface area contributed by atoms with Crippen molar-refractivity contribution in [3.05, 3.63) is 59.1 Å². The van der Waals surface area contributed by atoms with E-state index in [9.17, 15) is 9.59 Å². The summed E-state index contributed by atoms with van der Waals surface area (Å²) in [6, 6.07) is 13.5. The summed E-state index contributed by atoms with van der Waals surface area (Å²) in [7, 11) is 1.46. The maximum atomic E-state index is 12.2. The third-order valence-electron chi connectivity index (χ3n) is 3.11. The highest BCUT2D eigenvalue weighted by molar-refractivity contribution is 6.33. The molecule has 0 aliphatic carbocycles. The number of esters is 1. The van der Waals surface area contributed by atoms with E-state index in [1.165, 1.54) is 14.0 Å². The molecule has 6 heteroatoms. The number of ether oxygens (including phenoxy) is 2. The number of benzene rings is 2. The molecule has 0 saturated heterocycles. The summed E-state index contributed by atoms with van der Waals surface area (Å²) in [4.78, 5) is 24.3. The lowest BCUT2D eigenvalue weighted by Gasteiger charge is -2.15. The van der Waals surface area contributed by atoms with Gasteiger partial charge in [0.25, 0.3) is 5.91 Å². The Morgan fingerprint density at radius 1 is 1.09 bits per heavy atom. The first-order chi connectivity index (χ1) is 11.0. The molecular weight excluding hydrogens is 318 g/mol. The third-order valence-corrected chi connectivity index (χ3v) is 3.44. The number of methoxy groups -OCH3 is 1. The number of rotatable bonds is 5. The van der Waals surface area contributed by atoms with Crippen LogP contribution in [0, 0.1) is 0 Å². The molecule has 1 amide bonds. The molecule has 0 radical (unpaired) electrons. The van der Waals surface area contributed by atoms with E-state index in [1.807, 2.05) is 0 Å².